The average molecular weight is 466 g/mol. The molecule has 2 aromatic heterocycles. The molecule has 0 unspecified atom stereocenters. The quantitative estimate of drug-likeness (QED) is 0.426. The fourth-order valence-corrected chi connectivity index (χ4v) is 4.53. The van der Waals surface area contributed by atoms with Crippen LogP contribution in [0.5, 0.6) is 11.5 Å². The van der Waals surface area contributed by atoms with Gasteiger partial charge in [0.05, 0.1) is 36.8 Å². The van der Waals surface area contributed by atoms with Gasteiger partial charge in [0.25, 0.3) is 0 Å². The summed E-state index contributed by atoms with van der Waals surface area (Å²) in [5.41, 5.74) is 4.69. The fourth-order valence-electron chi connectivity index (χ4n) is 3.58. The largest absolute Gasteiger partial charge is 0.497 e. The molecule has 0 atom stereocenters. The van der Waals surface area contributed by atoms with Crippen molar-refractivity contribution in [3.05, 3.63) is 59.3 Å². The summed E-state index contributed by atoms with van der Waals surface area (Å²) in [5, 5.41) is 8.38. The number of thiazole rings is 1. The number of nitrogens with one attached hydrogen (secondary N) is 1. The normalized spacial score (nSPS) is 10.9. The zero-order valence-electron chi connectivity index (χ0n) is 19.4. The van der Waals surface area contributed by atoms with E-state index in [9.17, 15) is 4.79 Å². The highest BCUT2D eigenvalue weighted by Crippen LogP contribution is 2.32. The van der Waals surface area contributed by atoms with Crippen molar-refractivity contribution >= 4 is 32.7 Å². The number of carbonyl (C=O) groups excluding carboxylic acids is 1. The Balaban J connectivity index is 1.47. The molecule has 4 rings (SSSR count). The van der Waals surface area contributed by atoms with Crippen LogP contribution >= 0.6 is 11.3 Å². The Kier molecular flexibility index (Phi) is 6.50. The van der Waals surface area contributed by atoms with Gasteiger partial charge in [-0.15, -0.1) is 0 Å². The minimum Gasteiger partial charge on any atom is -0.497 e. The molecule has 0 bridgehead atoms. The third kappa shape index (κ3) is 4.78. The Labute approximate surface area is 196 Å². The summed E-state index contributed by atoms with van der Waals surface area (Å²) in [5.74, 6) is 1.30. The molecule has 9 heteroatoms. The maximum Gasteiger partial charge on any atom is 0.239 e. The van der Waals surface area contributed by atoms with E-state index in [1.807, 2.05) is 53.9 Å². The van der Waals surface area contributed by atoms with E-state index in [0.29, 0.717) is 18.0 Å². The molecule has 0 radical (unpaired) electrons. The number of hydrogen-bond acceptors (Lipinski definition) is 7. The van der Waals surface area contributed by atoms with Gasteiger partial charge in [-0.2, -0.15) is 10.1 Å². The minimum atomic E-state index is -0.112. The summed E-state index contributed by atoms with van der Waals surface area (Å²) in [6.45, 7) is 4.55. The van der Waals surface area contributed by atoms with Crippen molar-refractivity contribution in [1.82, 2.24) is 20.1 Å². The van der Waals surface area contributed by atoms with E-state index in [0.717, 1.165) is 38.0 Å². The SMILES string of the molecule is COc1ccc(OC)c(CNC(=O)CN(C)c2nc3c(s2)c(C)nn3-c2cccc(C)c2)c1. The summed E-state index contributed by atoms with van der Waals surface area (Å²) in [6.07, 6.45) is 0. The number of aromatic nitrogens is 3. The second-order valence-corrected chi connectivity index (χ2v) is 8.77. The number of hydrogen-bond donors (Lipinski definition) is 1. The molecule has 1 amide bonds. The van der Waals surface area contributed by atoms with Crippen LogP contribution in [0.2, 0.25) is 0 Å². The Bertz CT molecular complexity index is 1300. The molecule has 0 saturated carbocycles. The molecule has 172 valence electrons. The molecule has 0 spiro atoms. The molecule has 2 heterocycles. The predicted molar refractivity (Wildman–Crippen MR) is 131 cm³/mol. The van der Waals surface area contributed by atoms with Gasteiger partial charge in [0.2, 0.25) is 5.91 Å². The van der Waals surface area contributed by atoms with Gasteiger partial charge in [-0.3, -0.25) is 4.79 Å². The molecule has 33 heavy (non-hydrogen) atoms. The van der Waals surface area contributed by atoms with Gasteiger partial charge >= 0.3 is 0 Å². The molecule has 8 nitrogen and oxygen atoms in total. The number of rotatable bonds is 8. The standard InChI is InChI=1S/C24H27N5O3S/c1-15-7-6-8-18(11-15)29-23-22(16(2)27-29)33-24(26-23)28(3)14-21(30)25-13-17-12-19(31-4)9-10-20(17)32-5/h6-12H,13-14H2,1-5H3,(H,25,30). The molecular formula is C24H27N5O3S. The molecule has 0 aliphatic heterocycles. The van der Waals surface area contributed by atoms with E-state index in [4.69, 9.17) is 14.5 Å². The molecule has 1 N–H and O–H groups in total. The molecule has 2 aromatic carbocycles. The first-order valence-corrected chi connectivity index (χ1v) is 11.3. The van der Waals surface area contributed by atoms with Gasteiger partial charge in [0, 0.05) is 19.2 Å². The Morgan fingerprint density at radius 3 is 2.70 bits per heavy atom. The molecule has 0 aliphatic carbocycles. The Hall–Kier alpha value is -3.59. The lowest BCUT2D eigenvalue weighted by atomic mass is 10.2. The first-order valence-electron chi connectivity index (χ1n) is 10.5. The zero-order valence-corrected chi connectivity index (χ0v) is 20.2. The van der Waals surface area contributed by atoms with Crippen molar-refractivity contribution in [2.75, 3.05) is 32.7 Å². The summed E-state index contributed by atoms with van der Waals surface area (Å²) in [6, 6.07) is 13.7. The number of fused-ring (bicyclic) bond motifs is 1. The van der Waals surface area contributed by atoms with Crippen molar-refractivity contribution < 1.29 is 14.3 Å². The molecule has 0 aliphatic rings. The van der Waals surface area contributed by atoms with Gasteiger partial charge < -0.3 is 19.7 Å². The number of anilines is 1. The first-order chi connectivity index (χ1) is 15.9. The summed E-state index contributed by atoms with van der Waals surface area (Å²) >= 11 is 1.53. The highest BCUT2D eigenvalue weighted by Gasteiger charge is 2.18. The van der Waals surface area contributed by atoms with Crippen LogP contribution in [0.4, 0.5) is 5.13 Å². The van der Waals surface area contributed by atoms with Crippen molar-refractivity contribution in [1.29, 1.82) is 0 Å². The number of aryl methyl sites for hydroxylation is 2. The summed E-state index contributed by atoms with van der Waals surface area (Å²) in [7, 11) is 5.08. The third-order valence-corrected chi connectivity index (χ3v) is 6.56. The first kappa shape index (κ1) is 22.6. The summed E-state index contributed by atoms with van der Waals surface area (Å²) in [4.78, 5) is 19.3. The molecule has 0 fully saturated rings. The molecule has 0 saturated heterocycles. The highest BCUT2D eigenvalue weighted by molar-refractivity contribution is 7.22. The number of methoxy groups -OCH3 is 2. The van der Waals surface area contributed by atoms with Crippen LogP contribution in [-0.4, -0.2) is 48.5 Å². The number of carbonyl (C=O) groups is 1. The van der Waals surface area contributed by atoms with E-state index >= 15 is 0 Å². The van der Waals surface area contributed by atoms with Crippen molar-refractivity contribution in [3.8, 4) is 17.2 Å². The number of benzene rings is 2. The van der Waals surface area contributed by atoms with Crippen LogP contribution in [0.3, 0.4) is 0 Å². The van der Waals surface area contributed by atoms with Gasteiger partial charge in [0.1, 0.15) is 11.5 Å². The van der Waals surface area contributed by atoms with Gasteiger partial charge in [-0.25, -0.2) is 4.68 Å². The third-order valence-electron chi connectivity index (χ3n) is 5.29. The maximum absolute atomic E-state index is 12.6. The number of amides is 1. The lowest BCUT2D eigenvalue weighted by Gasteiger charge is -2.16. The fraction of sp³-hybridized carbons (Fsp3) is 0.292. The lowest BCUT2D eigenvalue weighted by Crippen LogP contribution is -2.34. The van der Waals surface area contributed by atoms with Gasteiger partial charge in [-0.05, 0) is 49.7 Å². The van der Waals surface area contributed by atoms with Crippen molar-refractivity contribution in [2.45, 2.75) is 20.4 Å². The van der Waals surface area contributed by atoms with E-state index < -0.39 is 0 Å². The number of nitrogens with zero attached hydrogens (tertiary/aromatic N) is 4. The topological polar surface area (TPSA) is 81.5 Å². The number of ether oxygens (including phenoxy) is 2. The number of likely N-dealkylation sites (N-methyl/N-ethyl adjacent to an activating group) is 1. The smallest absolute Gasteiger partial charge is 0.239 e. The van der Waals surface area contributed by atoms with E-state index in [1.54, 1.807) is 14.2 Å². The van der Waals surface area contributed by atoms with Crippen LogP contribution in [0.15, 0.2) is 42.5 Å². The Morgan fingerprint density at radius 2 is 1.97 bits per heavy atom. The second kappa shape index (κ2) is 9.50. The average Bonchev–Trinajstić information content (AvgIpc) is 3.38. The predicted octanol–water partition coefficient (Wildman–Crippen LogP) is 3.87. The van der Waals surface area contributed by atoms with Crippen LogP contribution in [0, 0.1) is 13.8 Å². The lowest BCUT2D eigenvalue weighted by molar-refractivity contribution is -0.119. The molecular weight excluding hydrogens is 438 g/mol. The zero-order chi connectivity index (χ0) is 23.5. The van der Waals surface area contributed by atoms with Gasteiger partial charge in [-0.1, -0.05) is 23.5 Å². The van der Waals surface area contributed by atoms with Crippen LogP contribution in [-0.2, 0) is 11.3 Å². The monoisotopic (exact) mass is 465 g/mol. The maximum atomic E-state index is 12.6. The second-order valence-electron chi connectivity index (χ2n) is 7.80. The highest BCUT2D eigenvalue weighted by atomic mass is 32.1. The Morgan fingerprint density at radius 1 is 1.15 bits per heavy atom. The van der Waals surface area contributed by atoms with Crippen LogP contribution in [0.25, 0.3) is 16.0 Å². The molecule has 4 aromatic rings. The van der Waals surface area contributed by atoms with E-state index in [1.165, 1.54) is 11.3 Å². The van der Waals surface area contributed by atoms with Gasteiger partial charge in [0.15, 0.2) is 10.8 Å². The van der Waals surface area contributed by atoms with Crippen molar-refractivity contribution in [2.24, 2.45) is 0 Å². The van der Waals surface area contributed by atoms with E-state index in [-0.39, 0.29) is 12.5 Å². The van der Waals surface area contributed by atoms with Crippen LogP contribution in [0.1, 0.15) is 16.8 Å². The van der Waals surface area contributed by atoms with Crippen LogP contribution < -0.4 is 19.7 Å². The van der Waals surface area contributed by atoms with E-state index in [2.05, 4.69) is 29.5 Å². The van der Waals surface area contributed by atoms with Crippen molar-refractivity contribution in [3.63, 3.8) is 0 Å². The minimum absolute atomic E-state index is 0.112. The summed E-state index contributed by atoms with van der Waals surface area (Å²) < 4.78 is 13.5.